The van der Waals surface area contributed by atoms with E-state index in [0.29, 0.717) is 0 Å². The highest BCUT2D eigenvalue weighted by molar-refractivity contribution is 6.16. The van der Waals surface area contributed by atoms with Crippen molar-refractivity contribution in [1.82, 2.24) is 10.2 Å². The average molecular weight is 292 g/mol. The molecule has 1 aliphatic heterocycles. The Balaban J connectivity index is 2.07. The smallest absolute Gasteiger partial charge is 0.332 e. The molecular formula is C14H16N2O5. The number of aliphatic hydroxyl groups is 1. The van der Waals surface area contributed by atoms with E-state index in [-0.39, 0.29) is 26.4 Å². The Morgan fingerprint density at radius 3 is 2.57 bits per heavy atom. The van der Waals surface area contributed by atoms with Crippen molar-refractivity contribution < 1.29 is 24.2 Å². The van der Waals surface area contributed by atoms with E-state index >= 15 is 0 Å². The zero-order valence-corrected chi connectivity index (χ0v) is 11.3. The first-order valence-electron chi connectivity index (χ1n) is 6.52. The minimum atomic E-state index is -0.956. The molecule has 7 nitrogen and oxygen atoms in total. The molecule has 1 aromatic carbocycles. The van der Waals surface area contributed by atoms with Gasteiger partial charge in [-0.05, 0) is 12.0 Å². The number of hydrogen-bond acceptors (Lipinski definition) is 5. The van der Waals surface area contributed by atoms with Gasteiger partial charge in [-0.25, -0.2) is 9.69 Å². The molecule has 1 aromatic rings. The van der Waals surface area contributed by atoms with E-state index in [1.165, 1.54) is 0 Å². The van der Waals surface area contributed by atoms with Crippen molar-refractivity contribution in [2.24, 2.45) is 5.92 Å². The summed E-state index contributed by atoms with van der Waals surface area (Å²) < 4.78 is 4.98. The normalized spacial score (nSPS) is 18.8. The summed E-state index contributed by atoms with van der Waals surface area (Å²) >= 11 is 0. The fourth-order valence-electron chi connectivity index (χ4n) is 2.03. The highest BCUT2D eigenvalue weighted by Gasteiger charge is 2.40. The molecule has 1 atom stereocenters. The van der Waals surface area contributed by atoms with Gasteiger partial charge in [0.25, 0.3) is 0 Å². The predicted octanol–water partition coefficient (Wildman–Crippen LogP) is -0.110. The molecule has 2 N–H and O–H groups in total. The second-order valence-electron chi connectivity index (χ2n) is 4.56. The summed E-state index contributed by atoms with van der Waals surface area (Å²) in [5.41, 5.74) is 0.830. The number of ether oxygens (including phenoxy) is 1. The molecule has 2 rings (SSSR count). The first-order chi connectivity index (χ1) is 10.1. The third kappa shape index (κ3) is 3.65. The Bertz CT molecular complexity index is 531. The molecule has 0 bridgehead atoms. The maximum Gasteiger partial charge on any atom is 0.332 e. The van der Waals surface area contributed by atoms with Gasteiger partial charge in [0.05, 0.1) is 13.2 Å². The van der Waals surface area contributed by atoms with Gasteiger partial charge in [-0.15, -0.1) is 0 Å². The summed E-state index contributed by atoms with van der Waals surface area (Å²) in [5, 5.41) is 10.8. The fourth-order valence-corrected chi connectivity index (χ4v) is 2.03. The molecule has 7 heteroatoms. The maximum atomic E-state index is 12.2. The Labute approximate surface area is 121 Å². The average Bonchev–Trinajstić information content (AvgIpc) is 2.48. The van der Waals surface area contributed by atoms with Gasteiger partial charge in [-0.3, -0.25) is 14.9 Å². The molecule has 0 saturated carbocycles. The molecule has 21 heavy (non-hydrogen) atoms. The first-order valence-corrected chi connectivity index (χ1v) is 6.52. The number of imide groups is 2. The van der Waals surface area contributed by atoms with Crippen molar-refractivity contribution in [1.29, 1.82) is 0 Å². The third-order valence-corrected chi connectivity index (χ3v) is 3.09. The molecule has 4 amide bonds. The summed E-state index contributed by atoms with van der Waals surface area (Å²) in [4.78, 5) is 36.6. The van der Waals surface area contributed by atoms with Gasteiger partial charge in [0, 0.05) is 0 Å². The Kier molecular flexibility index (Phi) is 5.02. The molecule has 1 unspecified atom stereocenters. The second kappa shape index (κ2) is 6.96. The van der Waals surface area contributed by atoms with Gasteiger partial charge in [-0.1, -0.05) is 30.3 Å². The number of carbonyl (C=O) groups excluding carboxylic acids is 3. The standard InChI is InChI=1S/C14H16N2O5/c17-6-7-21-9-16-13(19)11(12(18)15-14(16)20)8-10-4-2-1-3-5-10/h1-5,11,17H,6-9H2,(H,15,18,20). The molecule has 0 aromatic heterocycles. The third-order valence-electron chi connectivity index (χ3n) is 3.09. The van der Waals surface area contributed by atoms with Crippen molar-refractivity contribution in [3.8, 4) is 0 Å². The number of urea groups is 1. The largest absolute Gasteiger partial charge is 0.394 e. The van der Waals surface area contributed by atoms with Crippen LogP contribution in [0.1, 0.15) is 5.56 Å². The number of barbiturate groups is 1. The van der Waals surface area contributed by atoms with Crippen molar-refractivity contribution >= 4 is 17.8 Å². The van der Waals surface area contributed by atoms with E-state index in [4.69, 9.17) is 9.84 Å². The molecule has 1 saturated heterocycles. The number of nitrogens with one attached hydrogen (secondary N) is 1. The fraction of sp³-hybridized carbons (Fsp3) is 0.357. The number of aliphatic hydroxyl groups excluding tert-OH is 1. The Morgan fingerprint density at radius 2 is 1.90 bits per heavy atom. The molecule has 1 aliphatic rings. The Hall–Kier alpha value is -2.25. The van der Waals surface area contributed by atoms with Crippen molar-refractivity contribution in [2.75, 3.05) is 19.9 Å². The van der Waals surface area contributed by atoms with Crippen LogP contribution in [0.2, 0.25) is 0 Å². The van der Waals surface area contributed by atoms with Crippen LogP contribution in [0.4, 0.5) is 4.79 Å². The van der Waals surface area contributed by atoms with Crippen LogP contribution in [0.5, 0.6) is 0 Å². The quantitative estimate of drug-likeness (QED) is 0.563. The number of carbonyl (C=O) groups is 3. The summed E-state index contributed by atoms with van der Waals surface area (Å²) in [6.45, 7) is -0.492. The molecule has 1 heterocycles. The van der Waals surface area contributed by atoms with Crippen LogP contribution in [0.15, 0.2) is 30.3 Å². The van der Waals surface area contributed by atoms with Crippen LogP contribution in [-0.4, -0.2) is 47.8 Å². The SMILES string of the molecule is O=C1NC(=O)N(COCCO)C(=O)C1Cc1ccccc1. The zero-order valence-electron chi connectivity index (χ0n) is 11.3. The minimum Gasteiger partial charge on any atom is -0.394 e. The monoisotopic (exact) mass is 292 g/mol. The van der Waals surface area contributed by atoms with Gasteiger partial charge < -0.3 is 9.84 Å². The first kappa shape index (κ1) is 15.1. The van der Waals surface area contributed by atoms with Gasteiger partial charge in [0.1, 0.15) is 12.6 Å². The van der Waals surface area contributed by atoms with Gasteiger partial charge >= 0.3 is 6.03 Å². The van der Waals surface area contributed by atoms with Gasteiger partial charge in [0.2, 0.25) is 11.8 Å². The minimum absolute atomic E-state index is 0.00829. The number of nitrogens with zero attached hydrogens (tertiary/aromatic N) is 1. The molecule has 0 spiro atoms. The molecule has 0 radical (unpaired) electrons. The van der Waals surface area contributed by atoms with E-state index < -0.39 is 23.8 Å². The van der Waals surface area contributed by atoms with Gasteiger partial charge in [0.15, 0.2) is 0 Å². The van der Waals surface area contributed by atoms with Crippen LogP contribution in [-0.2, 0) is 20.7 Å². The lowest BCUT2D eigenvalue weighted by atomic mass is 9.96. The van der Waals surface area contributed by atoms with E-state index in [1.54, 1.807) is 0 Å². The zero-order chi connectivity index (χ0) is 15.2. The van der Waals surface area contributed by atoms with Gasteiger partial charge in [-0.2, -0.15) is 0 Å². The topological polar surface area (TPSA) is 95.9 Å². The van der Waals surface area contributed by atoms with Crippen LogP contribution < -0.4 is 5.32 Å². The highest BCUT2D eigenvalue weighted by atomic mass is 16.5. The number of amides is 4. The van der Waals surface area contributed by atoms with E-state index in [2.05, 4.69) is 5.32 Å². The molecule has 112 valence electrons. The van der Waals surface area contributed by atoms with Crippen molar-refractivity contribution in [3.63, 3.8) is 0 Å². The molecule has 1 fully saturated rings. The second-order valence-corrected chi connectivity index (χ2v) is 4.56. The summed E-state index contributed by atoms with van der Waals surface area (Å²) in [7, 11) is 0. The lowest BCUT2D eigenvalue weighted by Crippen LogP contribution is -2.58. The van der Waals surface area contributed by atoms with Crippen LogP contribution >= 0.6 is 0 Å². The molecule has 0 aliphatic carbocycles. The summed E-state index contributed by atoms with van der Waals surface area (Å²) in [6, 6.07) is 8.28. The number of hydrogen-bond donors (Lipinski definition) is 2. The summed E-state index contributed by atoms with van der Waals surface area (Å²) in [5.74, 6) is -2.15. The van der Waals surface area contributed by atoms with E-state index in [0.717, 1.165) is 10.5 Å². The van der Waals surface area contributed by atoms with Crippen molar-refractivity contribution in [2.45, 2.75) is 6.42 Å². The summed E-state index contributed by atoms with van der Waals surface area (Å²) in [6.07, 6.45) is 0.218. The lowest BCUT2D eigenvalue weighted by molar-refractivity contribution is -0.146. The van der Waals surface area contributed by atoms with Crippen LogP contribution in [0.3, 0.4) is 0 Å². The number of benzene rings is 1. The van der Waals surface area contributed by atoms with Crippen molar-refractivity contribution in [3.05, 3.63) is 35.9 Å². The maximum absolute atomic E-state index is 12.2. The van der Waals surface area contributed by atoms with Crippen LogP contribution in [0, 0.1) is 5.92 Å². The number of rotatable bonds is 6. The molecular weight excluding hydrogens is 276 g/mol. The van der Waals surface area contributed by atoms with E-state index in [1.807, 2.05) is 30.3 Å². The highest BCUT2D eigenvalue weighted by Crippen LogP contribution is 2.16. The van der Waals surface area contributed by atoms with E-state index in [9.17, 15) is 14.4 Å². The Morgan fingerprint density at radius 1 is 1.19 bits per heavy atom. The lowest BCUT2D eigenvalue weighted by Gasteiger charge is -2.29. The van der Waals surface area contributed by atoms with Crippen LogP contribution in [0.25, 0.3) is 0 Å². The predicted molar refractivity (Wildman–Crippen MR) is 71.9 cm³/mol.